The SMILES string of the molecule is CC(O)CCN1C(=O)CN(c2cccc(C(=O)O)c2)C1=O. The van der Waals surface area contributed by atoms with Crippen molar-refractivity contribution < 1.29 is 24.6 Å². The van der Waals surface area contributed by atoms with Gasteiger partial charge in [0.1, 0.15) is 6.54 Å². The zero-order chi connectivity index (χ0) is 15.6. The van der Waals surface area contributed by atoms with E-state index in [1.807, 2.05) is 0 Å². The van der Waals surface area contributed by atoms with E-state index in [0.29, 0.717) is 12.1 Å². The van der Waals surface area contributed by atoms with Crippen molar-refractivity contribution >= 4 is 23.6 Å². The van der Waals surface area contributed by atoms with E-state index in [4.69, 9.17) is 5.11 Å². The van der Waals surface area contributed by atoms with Gasteiger partial charge < -0.3 is 10.2 Å². The molecule has 3 amide bonds. The number of amides is 3. The van der Waals surface area contributed by atoms with Crippen LogP contribution in [0.5, 0.6) is 0 Å². The minimum atomic E-state index is -1.10. The molecular formula is C14H16N2O5. The van der Waals surface area contributed by atoms with Gasteiger partial charge in [0.05, 0.1) is 11.7 Å². The number of nitrogens with zero attached hydrogens (tertiary/aromatic N) is 2. The molecule has 7 nitrogen and oxygen atoms in total. The normalized spacial score (nSPS) is 16.5. The number of hydrogen-bond donors (Lipinski definition) is 2. The lowest BCUT2D eigenvalue weighted by Crippen LogP contribution is -2.34. The fraction of sp³-hybridized carbons (Fsp3) is 0.357. The van der Waals surface area contributed by atoms with E-state index in [1.165, 1.54) is 23.1 Å². The number of aliphatic hydroxyl groups is 1. The lowest BCUT2D eigenvalue weighted by atomic mass is 10.2. The number of urea groups is 1. The summed E-state index contributed by atoms with van der Waals surface area (Å²) in [6, 6.07) is 5.37. The van der Waals surface area contributed by atoms with Crippen molar-refractivity contribution in [2.24, 2.45) is 0 Å². The molecule has 1 heterocycles. The smallest absolute Gasteiger partial charge is 0.335 e. The van der Waals surface area contributed by atoms with Crippen LogP contribution in [0.25, 0.3) is 0 Å². The fourth-order valence-corrected chi connectivity index (χ4v) is 2.09. The van der Waals surface area contributed by atoms with Gasteiger partial charge in [0, 0.05) is 12.2 Å². The van der Waals surface area contributed by atoms with Crippen molar-refractivity contribution in [2.75, 3.05) is 18.0 Å². The molecule has 7 heteroatoms. The summed E-state index contributed by atoms with van der Waals surface area (Å²) in [5, 5.41) is 18.2. The highest BCUT2D eigenvalue weighted by Crippen LogP contribution is 2.22. The molecule has 1 saturated heterocycles. The first-order valence-corrected chi connectivity index (χ1v) is 6.53. The third kappa shape index (κ3) is 3.19. The van der Waals surface area contributed by atoms with Gasteiger partial charge >= 0.3 is 12.0 Å². The number of hydrogen-bond acceptors (Lipinski definition) is 4. The van der Waals surface area contributed by atoms with Crippen LogP contribution in [0, 0.1) is 0 Å². The van der Waals surface area contributed by atoms with Crippen LogP contribution in [0.3, 0.4) is 0 Å². The summed E-state index contributed by atoms with van der Waals surface area (Å²) in [4.78, 5) is 37.3. The molecule has 1 atom stereocenters. The van der Waals surface area contributed by atoms with Gasteiger partial charge in [0.25, 0.3) is 5.91 Å². The number of aromatic carboxylic acids is 1. The molecule has 0 aromatic heterocycles. The highest BCUT2D eigenvalue weighted by atomic mass is 16.4. The molecule has 21 heavy (non-hydrogen) atoms. The van der Waals surface area contributed by atoms with E-state index >= 15 is 0 Å². The maximum Gasteiger partial charge on any atom is 0.335 e. The number of aliphatic hydroxyl groups excluding tert-OH is 1. The Morgan fingerprint density at radius 2 is 2.10 bits per heavy atom. The summed E-state index contributed by atoms with van der Waals surface area (Å²) in [7, 11) is 0. The maximum absolute atomic E-state index is 12.2. The Morgan fingerprint density at radius 3 is 2.71 bits per heavy atom. The lowest BCUT2D eigenvalue weighted by Gasteiger charge is -2.18. The molecule has 1 fully saturated rings. The molecule has 1 aromatic rings. The number of rotatable bonds is 5. The Morgan fingerprint density at radius 1 is 1.38 bits per heavy atom. The van der Waals surface area contributed by atoms with E-state index in [0.717, 1.165) is 4.90 Å². The van der Waals surface area contributed by atoms with Gasteiger partial charge in [-0.25, -0.2) is 9.59 Å². The molecule has 112 valence electrons. The predicted molar refractivity (Wildman–Crippen MR) is 74.2 cm³/mol. The van der Waals surface area contributed by atoms with Crippen LogP contribution in [0.4, 0.5) is 10.5 Å². The average Bonchev–Trinajstić information content (AvgIpc) is 2.72. The summed E-state index contributed by atoms with van der Waals surface area (Å²) in [6.45, 7) is 1.60. The van der Waals surface area contributed by atoms with E-state index in [2.05, 4.69) is 0 Å². The lowest BCUT2D eigenvalue weighted by molar-refractivity contribution is -0.125. The second-order valence-corrected chi connectivity index (χ2v) is 4.91. The Hall–Kier alpha value is -2.41. The van der Waals surface area contributed by atoms with Crippen LogP contribution >= 0.6 is 0 Å². The van der Waals surface area contributed by atoms with Gasteiger partial charge in [-0.2, -0.15) is 0 Å². The Bertz CT molecular complexity index is 584. The summed E-state index contributed by atoms with van der Waals surface area (Å²) in [5.74, 6) is -1.46. The highest BCUT2D eigenvalue weighted by Gasteiger charge is 2.36. The van der Waals surface area contributed by atoms with Crippen molar-refractivity contribution in [1.82, 2.24) is 4.90 Å². The Balaban J connectivity index is 2.18. The molecule has 0 bridgehead atoms. The molecule has 1 aliphatic heterocycles. The molecule has 2 N–H and O–H groups in total. The first-order valence-electron chi connectivity index (χ1n) is 6.53. The standard InChI is InChI=1S/C14H16N2O5/c1-9(17)5-6-15-12(18)8-16(14(15)21)11-4-2-3-10(7-11)13(19)20/h2-4,7,9,17H,5-6,8H2,1H3,(H,19,20). The molecule has 2 rings (SSSR count). The first-order chi connectivity index (χ1) is 9.90. The minimum absolute atomic E-state index is 0.0511. The van der Waals surface area contributed by atoms with Gasteiger partial charge in [0.2, 0.25) is 0 Å². The van der Waals surface area contributed by atoms with Gasteiger partial charge in [-0.15, -0.1) is 0 Å². The molecule has 0 aliphatic carbocycles. The van der Waals surface area contributed by atoms with Gasteiger partial charge in [-0.1, -0.05) is 6.07 Å². The summed E-state index contributed by atoms with van der Waals surface area (Å²) < 4.78 is 0. The third-order valence-electron chi connectivity index (χ3n) is 3.23. The number of benzene rings is 1. The van der Waals surface area contributed by atoms with Crippen LogP contribution in [0.15, 0.2) is 24.3 Å². The van der Waals surface area contributed by atoms with E-state index in [1.54, 1.807) is 13.0 Å². The minimum Gasteiger partial charge on any atom is -0.478 e. The second-order valence-electron chi connectivity index (χ2n) is 4.91. The van der Waals surface area contributed by atoms with Crippen LogP contribution < -0.4 is 4.90 Å². The zero-order valence-electron chi connectivity index (χ0n) is 11.5. The van der Waals surface area contributed by atoms with Crippen molar-refractivity contribution in [3.05, 3.63) is 29.8 Å². The largest absolute Gasteiger partial charge is 0.478 e. The average molecular weight is 292 g/mol. The van der Waals surface area contributed by atoms with Gasteiger partial charge in [-0.3, -0.25) is 14.6 Å². The molecule has 1 aromatic carbocycles. The second kappa shape index (κ2) is 5.92. The Labute approximate surface area is 121 Å². The first kappa shape index (κ1) is 15.0. The summed E-state index contributed by atoms with van der Waals surface area (Å²) in [6.07, 6.45) is -0.296. The number of carboxylic acid groups (broad SMARTS) is 1. The molecule has 1 unspecified atom stereocenters. The summed E-state index contributed by atoms with van der Waals surface area (Å²) >= 11 is 0. The van der Waals surface area contributed by atoms with Crippen molar-refractivity contribution in [3.8, 4) is 0 Å². The maximum atomic E-state index is 12.2. The molecule has 0 saturated carbocycles. The predicted octanol–water partition coefficient (Wildman–Crippen LogP) is 0.924. The van der Waals surface area contributed by atoms with E-state index in [9.17, 15) is 19.5 Å². The molecule has 0 radical (unpaired) electrons. The van der Waals surface area contributed by atoms with Gasteiger partial charge in [-0.05, 0) is 31.5 Å². The quantitative estimate of drug-likeness (QED) is 0.786. The number of carbonyl (C=O) groups excluding carboxylic acids is 2. The van der Waals surface area contributed by atoms with Crippen LogP contribution in [-0.2, 0) is 4.79 Å². The monoisotopic (exact) mass is 292 g/mol. The number of carbonyl (C=O) groups is 3. The van der Waals surface area contributed by atoms with E-state index < -0.39 is 18.1 Å². The molecule has 1 aliphatic rings. The van der Waals surface area contributed by atoms with Crippen LogP contribution in [0.1, 0.15) is 23.7 Å². The highest BCUT2D eigenvalue weighted by molar-refractivity contribution is 6.12. The van der Waals surface area contributed by atoms with E-state index in [-0.39, 0.29) is 24.6 Å². The third-order valence-corrected chi connectivity index (χ3v) is 3.23. The molecule has 0 spiro atoms. The fourth-order valence-electron chi connectivity index (χ4n) is 2.09. The number of carboxylic acids is 1. The van der Waals surface area contributed by atoms with Crippen molar-refractivity contribution in [3.63, 3.8) is 0 Å². The number of anilines is 1. The summed E-state index contributed by atoms with van der Waals surface area (Å²) in [5.41, 5.74) is 0.419. The van der Waals surface area contributed by atoms with Crippen LogP contribution in [0.2, 0.25) is 0 Å². The van der Waals surface area contributed by atoms with Crippen LogP contribution in [-0.4, -0.2) is 52.2 Å². The Kier molecular flexibility index (Phi) is 4.23. The molecular weight excluding hydrogens is 276 g/mol. The zero-order valence-corrected chi connectivity index (χ0v) is 11.5. The topological polar surface area (TPSA) is 98.2 Å². The van der Waals surface area contributed by atoms with Crippen molar-refractivity contribution in [1.29, 1.82) is 0 Å². The van der Waals surface area contributed by atoms with Gasteiger partial charge in [0.15, 0.2) is 0 Å². The van der Waals surface area contributed by atoms with Crippen molar-refractivity contribution in [2.45, 2.75) is 19.4 Å². The number of imide groups is 1.